The van der Waals surface area contributed by atoms with Crippen LogP contribution in [0, 0.1) is 12.8 Å². The van der Waals surface area contributed by atoms with Gasteiger partial charge in [-0.15, -0.1) is 0 Å². The number of carbonyl (C=O) groups is 2. The Kier molecular flexibility index (Phi) is 7.06. The van der Waals surface area contributed by atoms with Crippen molar-refractivity contribution in [1.82, 2.24) is 5.43 Å². The molecule has 6 nitrogen and oxygen atoms in total. The van der Waals surface area contributed by atoms with E-state index in [1.165, 1.54) is 0 Å². The highest BCUT2D eigenvalue weighted by atomic mass is 35.5. The van der Waals surface area contributed by atoms with Gasteiger partial charge in [0.2, 0.25) is 11.8 Å². The summed E-state index contributed by atoms with van der Waals surface area (Å²) in [5.74, 6) is -0.0981. The molecule has 3 aromatic carbocycles. The van der Waals surface area contributed by atoms with Crippen LogP contribution in [0.3, 0.4) is 0 Å². The Morgan fingerprint density at radius 1 is 1.06 bits per heavy atom. The number of benzene rings is 3. The summed E-state index contributed by atoms with van der Waals surface area (Å²) in [5.41, 5.74) is 9.08. The number of aryl methyl sites for hydroxylation is 1. The molecule has 0 unspecified atom stereocenters. The fraction of sp³-hybridized carbons (Fsp3) is 0.200. The molecule has 1 aliphatic rings. The van der Waals surface area contributed by atoms with E-state index >= 15 is 0 Å². The minimum atomic E-state index is -0.430. The molecule has 1 atom stereocenters. The molecule has 1 aliphatic heterocycles. The molecule has 170 valence electrons. The summed E-state index contributed by atoms with van der Waals surface area (Å²) in [5, 5.41) is 0.968. The number of hydrogen-bond donors (Lipinski definition) is 2. The third-order valence-electron chi connectivity index (χ3n) is 5.40. The van der Waals surface area contributed by atoms with Crippen LogP contribution in [0.4, 0.5) is 11.4 Å². The second-order valence-electron chi connectivity index (χ2n) is 7.92. The molecule has 0 aliphatic carbocycles. The predicted molar refractivity (Wildman–Crippen MR) is 131 cm³/mol. The number of rotatable bonds is 7. The summed E-state index contributed by atoms with van der Waals surface area (Å²) in [7, 11) is 0. The molecular weight excluding hydrogens is 461 g/mol. The van der Waals surface area contributed by atoms with Crippen molar-refractivity contribution in [3.05, 3.63) is 87.9 Å². The van der Waals surface area contributed by atoms with E-state index in [1.54, 1.807) is 23.1 Å². The van der Waals surface area contributed by atoms with Gasteiger partial charge in [-0.3, -0.25) is 20.4 Å². The Hall–Kier alpha value is -3.22. The van der Waals surface area contributed by atoms with Gasteiger partial charge in [-0.1, -0.05) is 53.0 Å². The van der Waals surface area contributed by atoms with E-state index in [9.17, 15) is 9.59 Å². The van der Waals surface area contributed by atoms with Crippen LogP contribution in [0.5, 0.6) is 5.75 Å². The number of nitrogens with zero attached hydrogens (tertiary/aromatic N) is 1. The van der Waals surface area contributed by atoms with Crippen molar-refractivity contribution >= 4 is 46.4 Å². The van der Waals surface area contributed by atoms with E-state index < -0.39 is 5.92 Å². The molecule has 1 fully saturated rings. The molecule has 0 saturated carbocycles. The Balaban J connectivity index is 1.30. The van der Waals surface area contributed by atoms with Gasteiger partial charge < -0.3 is 9.64 Å². The molecule has 0 aromatic heterocycles. The number of anilines is 2. The maximum atomic E-state index is 12.6. The lowest BCUT2D eigenvalue weighted by Gasteiger charge is -2.17. The molecule has 4 rings (SSSR count). The van der Waals surface area contributed by atoms with Crippen molar-refractivity contribution in [3.63, 3.8) is 0 Å². The van der Waals surface area contributed by atoms with E-state index in [4.69, 9.17) is 27.9 Å². The zero-order valence-corrected chi connectivity index (χ0v) is 19.5. The normalized spacial score (nSPS) is 15.4. The van der Waals surface area contributed by atoms with E-state index in [2.05, 4.69) is 10.9 Å². The van der Waals surface area contributed by atoms with Crippen LogP contribution in [-0.4, -0.2) is 18.4 Å². The van der Waals surface area contributed by atoms with Gasteiger partial charge in [0, 0.05) is 24.7 Å². The van der Waals surface area contributed by atoms with Crippen LogP contribution in [0.2, 0.25) is 10.0 Å². The first-order valence-electron chi connectivity index (χ1n) is 10.5. The van der Waals surface area contributed by atoms with Gasteiger partial charge in [-0.25, -0.2) is 0 Å². The smallest absolute Gasteiger partial charge is 0.243 e. The molecule has 1 saturated heterocycles. The second kappa shape index (κ2) is 10.1. The number of nitrogens with one attached hydrogen (secondary N) is 2. The Morgan fingerprint density at radius 3 is 2.61 bits per heavy atom. The molecule has 8 heteroatoms. The molecule has 2 N–H and O–H groups in total. The maximum Gasteiger partial charge on any atom is 0.243 e. The minimum Gasteiger partial charge on any atom is -0.489 e. The van der Waals surface area contributed by atoms with E-state index in [0.717, 1.165) is 16.8 Å². The lowest BCUT2D eigenvalue weighted by atomic mass is 10.1. The van der Waals surface area contributed by atoms with Crippen LogP contribution in [-0.2, 0) is 16.2 Å². The summed E-state index contributed by atoms with van der Waals surface area (Å²) in [6.45, 7) is 2.67. The average molecular weight is 484 g/mol. The molecule has 2 amide bonds. The van der Waals surface area contributed by atoms with Gasteiger partial charge in [-0.2, -0.15) is 0 Å². The van der Waals surface area contributed by atoms with Crippen molar-refractivity contribution < 1.29 is 14.3 Å². The van der Waals surface area contributed by atoms with Crippen molar-refractivity contribution in [3.8, 4) is 5.75 Å². The van der Waals surface area contributed by atoms with E-state index in [1.807, 2.05) is 55.5 Å². The minimum absolute atomic E-state index is 0.0586. The van der Waals surface area contributed by atoms with Gasteiger partial charge in [0.15, 0.2) is 0 Å². The first kappa shape index (κ1) is 23.0. The van der Waals surface area contributed by atoms with Gasteiger partial charge in [-0.05, 0) is 48.9 Å². The number of amides is 2. The number of hydrazine groups is 1. The monoisotopic (exact) mass is 483 g/mol. The molecule has 3 aromatic rings. The maximum absolute atomic E-state index is 12.6. The third-order valence-corrected chi connectivity index (χ3v) is 6.13. The predicted octanol–water partition coefficient (Wildman–Crippen LogP) is 5.38. The lowest BCUT2D eigenvalue weighted by molar-refractivity contribution is -0.125. The molecule has 0 radical (unpaired) electrons. The highest BCUT2D eigenvalue weighted by Crippen LogP contribution is 2.26. The van der Waals surface area contributed by atoms with Crippen LogP contribution < -0.4 is 20.5 Å². The zero-order valence-electron chi connectivity index (χ0n) is 18.0. The first-order chi connectivity index (χ1) is 15.9. The molecule has 33 heavy (non-hydrogen) atoms. The van der Waals surface area contributed by atoms with Gasteiger partial charge in [0.05, 0.1) is 21.7 Å². The van der Waals surface area contributed by atoms with E-state index in [-0.39, 0.29) is 18.2 Å². The van der Waals surface area contributed by atoms with Crippen LogP contribution in [0.15, 0.2) is 66.7 Å². The first-order valence-corrected chi connectivity index (χ1v) is 11.2. The standard InChI is InChI=1S/C25H23Cl2N3O3/c1-16-5-8-20(9-6-16)30-14-18(12-24(30)31)25(32)29-28-19-3-2-4-21(13-19)33-15-17-7-10-22(26)23(27)11-17/h2-11,13,18,28H,12,14-15H2,1H3,(H,29,32)/t18-/m0/s1. The average Bonchev–Trinajstić information content (AvgIpc) is 3.21. The number of hydrogen-bond acceptors (Lipinski definition) is 4. The fourth-order valence-corrected chi connectivity index (χ4v) is 3.87. The van der Waals surface area contributed by atoms with Gasteiger partial charge >= 0.3 is 0 Å². The van der Waals surface area contributed by atoms with Crippen LogP contribution in [0.1, 0.15) is 17.5 Å². The van der Waals surface area contributed by atoms with E-state index in [0.29, 0.717) is 34.6 Å². The van der Waals surface area contributed by atoms with Gasteiger partial charge in [0.1, 0.15) is 12.4 Å². The molecular formula is C25H23Cl2N3O3. The van der Waals surface area contributed by atoms with Crippen molar-refractivity contribution in [2.45, 2.75) is 20.0 Å². The molecule has 0 bridgehead atoms. The Morgan fingerprint density at radius 2 is 1.85 bits per heavy atom. The number of carbonyl (C=O) groups excluding carboxylic acids is 2. The number of ether oxygens (including phenoxy) is 1. The van der Waals surface area contributed by atoms with Crippen molar-refractivity contribution in [2.75, 3.05) is 16.9 Å². The molecule has 1 heterocycles. The Bertz CT molecular complexity index is 1170. The largest absolute Gasteiger partial charge is 0.489 e. The summed E-state index contributed by atoms with van der Waals surface area (Å²) in [6.07, 6.45) is 0.175. The topological polar surface area (TPSA) is 70.7 Å². The quantitative estimate of drug-likeness (QED) is 0.442. The highest BCUT2D eigenvalue weighted by Gasteiger charge is 2.35. The highest BCUT2D eigenvalue weighted by molar-refractivity contribution is 6.42. The van der Waals surface area contributed by atoms with Crippen molar-refractivity contribution in [2.24, 2.45) is 5.92 Å². The summed E-state index contributed by atoms with van der Waals surface area (Å²) in [6, 6.07) is 20.3. The zero-order chi connectivity index (χ0) is 23.4. The summed E-state index contributed by atoms with van der Waals surface area (Å²) in [4.78, 5) is 26.7. The third kappa shape index (κ3) is 5.78. The van der Waals surface area contributed by atoms with Gasteiger partial charge in [0.25, 0.3) is 0 Å². The van der Waals surface area contributed by atoms with Crippen LogP contribution >= 0.6 is 23.2 Å². The number of halogens is 2. The summed E-state index contributed by atoms with van der Waals surface area (Å²) >= 11 is 12.0. The Labute approximate surface area is 202 Å². The van der Waals surface area contributed by atoms with Crippen molar-refractivity contribution in [1.29, 1.82) is 0 Å². The van der Waals surface area contributed by atoms with Crippen LogP contribution in [0.25, 0.3) is 0 Å². The molecule has 0 spiro atoms. The SMILES string of the molecule is Cc1ccc(N2C[C@@H](C(=O)NNc3cccc(OCc4ccc(Cl)c(Cl)c4)c3)CC2=O)cc1. The fourth-order valence-electron chi connectivity index (χ4n) is 3.55. The second-order valence-corrected chi connectivity index (χ2v) is 8.73. The summed E-state index contributed by atoms with van der Waals surface area (Å²) < 4.78 is 5.81. The lowest BCUT2D eigenvalue weighted by Crippen LogP contribution is -2.36.